The Bertz CT molecular complexity index is 4890. The summed E-state index contributed by atoms with van der Waals surface area (Å²) in [5.41, 5.74) is -1.25. The summed E-state index contributed by atoms with van der Waals surface area (Å²) in [6.07, 6.45) is -0.235. The van der Waals surface area contributed by atoms with Gasteiger partial charge >= 0.3 is 68.1 Å². The lowest BCUT2D eigenvalue weighted by molar-refractivity contribution is -0.166. The highest BCUT2D eigenvalue weighted by molar-refractivity contribution is 7.72. The van der Waals surface area contributed by atoms with Crippen LogP contribution in [-0.2, 0) is 101 Å². The summed E-state index contributed by atoms with van der Waals surface area (Å²) < 4.78 is 75.5. The second-order valence-electron chi connectivity index (χ2n) is 32.3. The van der Waals surface area contributed by atoms with Crippen LogP contribution < -0.4 is 36.7 Å². The molecule has 11 N–H and O–H groups in total. The zero-order chi connectivity index (χ0) is 92.5. The van der Waals surface area contributed by atoms with E-state index in [0.717, 1.165) is 25.7 Å². The Labute approximate surface area is 720 Å². The molecule has 3 fully saturated rings. The number of Topliss-reactive ketones (excluding diaryl/α,β-unsaturated/α-hetero) is 2. The summed E-state index contributed by atoms with van der Waals surface area (Å²) in [6.45, 7) is 19.4. The van der Waals surface area contributed by atoms with Gasteiger partial charge in [-0.15, -0.1) is 0 Å². The van der Waals surface area contributed by atoms with Crippen LogP contribution in [0, 0.1) is 48.3 Å². The van der Waals surface area contributed by atoms with Crippen molar-refractivity contribution in [2.45, 2.75) is 195 Å². The molecule has 1 aromatic heterocycles. The highest BCUT2D eigenvalue weighted by atomic mass is 31.2. The predicted molar refractivity (Wildman–Crippen MR) is 439 cm³/mol. The number of hydrogen-bond donors (Lipinski definition) is 11. The van der Waals surface area contributed by atoms with Gasteiger partial charge in [0.25, 0.3) is 11.7 Å². The fraction of sp³-hybridized carbons (Fsp3) is 0.585. The topological polar surface area (TPSA) is 576 Å². The molecule has 2 unspecified atom stereocenters. The Balaban J connectivity index is 0.00000116. The number of aromatic hydroxyl groups is 2. The Kier molecular flexibility index (Phi) is 34.2. The molecule has 1 saturated carbocycles. The van der Waals surface area contributed by atoms with Gasteiger partial charge in [0, 0.05) is 157 Å². The van der Waals surface area contributed by atoms with Crippen molar-refractivity contribution >= 4 is 109 Å². The van der Waals surface area contributed by atoms with Gasteiger partial charge in [-0.25, -0.2) is 14.6 Å². The molecule has 43 heteroatoms. The number of ketones is 2. The van der Waals surface area contributed by atoms with E-state index in [1.807, 2.05) is 0 Å². The van der Waals surface area contributed by atoms with Crippen molar-refractivity contribution in [3.8, 4) is 17.2 Å². The maximum absolute atomic E-state index is 15.1. The number of pyridine rings is 1. The Morgan fingerprint density at radius 3 is 2.03 bits per heavy atom. The van der Waals surface area contributed by atoms with Crippen LogP contribution in [0.25, 0.3) is 10.8 Å². The molecule has 1 spiro atoms. The zero-order valence-corrected chi connectivity index (χ0v) is 73.7. The highest BCUT2D eigenvalue weighted by Crippen LogP contribution is 2.71. The van der Waals surface area contributed by atoms with Crippen molar-refractivity contribution in [1.82, 2.24) is 35.6 Å². The van der Waals surface area contributed by atoms with Gasteiger partial charge in [0.15, 0.2) is 5.75 Å². The summed E-state index contributed by atoms with van der Waals surface area (Å²) in [7, 11) is -12.4. The lowest BCUT2D eigenvalue weighted by atomic mass is 9.77. The number of amides is 6. The summed E-state index contributed by atoms with van der Waals surface area (Å²) in [5, 5.41) is 43.4. The first-order valence-electron chi connectivity index (χ1n) is 41.0. The lowest BCUT2D eigenvalue weighted by Gasteiger charge is -2.39. The molecule has 7 aliphatic rings. The molecular weight excluding hydrogens is 1680 g/mol. The van der Waals surface area contributed by atoms with Gasteiger partial charge in [-0.05, 0) is 62.7 Å². The molecule has 125 heavy (non-hydrogen) atoms. The number of piperidine rings is 1. The summed E-state index contributed by atoms with van der Waals surface area (Å²) in [6, 6.07) is 1.67. The SMILES string of the molecule is CCC(=O)OCOC(=O)NCCN(CC(=O)O[C@@H]1[C@@H](C)[C@@H](O)[C@@H](C)[C@H](OC(C)=O)[C@H](C)[C@@H](C)/C=C/O[C@@]2(C)Oc3c(C)c(O)c4c(O)c(c5c(c4c3C2=O)NC2(CCN(CC(C)C)CC2)N=5)=NC(=O)/C(C)=C\C=C\[C@@H]1C)C(=O)C(CCC(=O)OC(Cc1ccccn1)(P(=O)(O)O)P(=O)(O)O)NC(=O)OCOC(=O)CC.O=C1CCC(C(=O)N2CCNC(=O)C2)C1. The number of allylic oxidation sites excluding steroid dienone is 3. The van der Waals surface area contributed by atoms with Gasteiger partial charge in [0.2, 0.25) is 31.3 Å². The molecule has 2 aromatic carbocycles. The van der Waals surface area contributed by atoms with Crippen LogP contribution in [0.2, 0.25) is 0 Å². The van der Waals surface area contributed by atoms with Crippen LogP contribution in [0.4, 0.5) is 15.3 Å². The Hall–Kier alpha value is -10.8. The van der Waals surface area contributed by atoms with Gasteiger partial charge in [-0.3, -0.25) is 71.8 Å². The van der Waals surface area contributed by atoms with Gasteiger partial charge < -0.3 is 113 Å². The summed E-state index contributed by atoms with van der Waals surface area (Å²) >= 11 is 0. The fourth-order valence-corrected chi connectivity index (χ4v) is 17.8. The molecule has 10 rings (SSSR count). The highest BCUT2D eigenvalue weighted by Gasteiger charge is 2.64. The summed E-state index contributed by atoms with van der Waals surface area (Å²) in [4.78, 5) is 231. The largest absolute Gasteiger partial charge is 0.507 e. The third-order valence-corrected chi connectivity index (χ3v) is 26.4. The number of ether oxygens (including phenoxy) is 9. The van der Waals surface area contributed by atoms with Crippen molar-refractivity contribution in [3.63, 3.8) is 0 Å². The molecule has 1 aliphatic carbocycles. The second-order valence-corrected chi connectivity index (χ2v) is 36.2. The number of aromatic nitrogens is 1. The maximum Gasteiger partial charge on any atom is 0.410 e. The van der Waals surface area contributed by atoms with Crippen molar-refractivity contribution < 1.29 is 149 Å². The standard InChI is InChI=1S/C72H98N8O28P2.C10H14N2O3/c1-14-49(82)100-36-102-68(92)74-28-31-80(67(91)48(75-69(93)103-37-101-50(83)15-2)22-23-51(84)107-72(109(94,95)96,110(97,98)99)33-47-21-16-17-27-73-47)35-52(85)106-62-40(6)19-18-20-41(7)66(90)76-58-57-56(77-71(78-57)25-29-79(30-26-71)34-38(3)4)53-54(61(58)88)60(87)45(11)64-55(53)65(89)70(13,108-64)104-32-24-39(5)42(8)63(105-46(12)81)44(10)59(86)43(62)9;13-8-2-1-7(5-8)10(15)12-4-3-11-9(14)6-12/h16-21,24,27,32,38-40,42-44,48,59,62-63,77,86-88H,14-15,22-23,25-26,28-31,33-37H2,1-13H3,(H,74,92)(H,75,93)(H2,94,95,96)(H2,97,98,99);7H,1-6H2,(H,11,14)/b19-18+,32-24+,41-20-,76-58?;/t39-,40-,42+,43-,44+,48?,59+,62-,63+,70-;/m0./s1. The number of aliphatic hydroxyl groups excluding tert-OH is 1. The number of phenols is 2. The second kappa shape index (κ2) is 42.9. The van der Waals surface area contributed by atoms with Gasteiger partial charge in [0.05, 0.1) is 42.0 Å². The molecule has 41 nitrogen and oxygen atoms in total. The van der Waals surface area contributed by atoms with Crippen molar-refractivity contribution in [3.05, 3.63) is 88.1 Å². The van der Waals surface area contributed by atoms with Crippen LogP contribution >= 0.6 is 15.2 Å². The first-order valence-corrected chi connectivity index (χ1v) is 44.2. The average molecular weight is 1800 g/mol. The van der Waals surface area contributed by atoms with Crippen molar-refractivity contribution in [2.75, 3.05) is 77.8 Å². The molecule has 5 bridgehead atoms. The number of carbonyl (C=O) groups excluding carboxylic acids is 13. The number of benzene rings is 2. The monoisotopic (exact) mass is 1790 g/mol. The van der Waals surface area contributed by atoms with Crippen LogP contribution in [0.15, 0.2) is 70.5 Å². The van der Waals surface area contributed by atoms with E-state index in [0.29, 0.717) is 69.1 Å². The predicted octanol–water partition coefficient (Wildman–Crippen LogP) is 4.68. The first kappa shape index (κ1) is 99.6. The number of esters is 5. The number of anilines is 1. The number of phenolic OH excluding ortho intramolecular Hbond substituents is 2. The summed E-state index contributed by atoms with van der Waals surface area (Å²) in [5.74, 6) is -16.0. The quantitative estimate of drug-likeness (QED) is 0.0171. The number of hydrogen-bond acceptors (Lipinski definition) is 31. The molecular formula is C82H112N10O31P2. The van der Waals surface area contributed by atoms with E-state index >= 15 is 9.59 Å². The lowest BCUT2D eigenvalue weighted by Crippen LogP contribution is -2.53. The molecule has 6 aliphatic heterocycles. The van der Waals surface area contributed by atoms with Crippen molar-refractivity contribution in [1.29, 1.82) is 0 Å². The minimum Gasteiger partial charge on any atom is -0.507 e. The van der Waals surface area contributed by atoms with E-state index in [9.17, 15) is 96.8 Å². The third kappa shape index (κ3) is 24.9. The van der Waals surface area contributed by atoms with Gasteiger partial charge in [-0.2, -0.15) is 0 Å². The minimum absolute atomic E-state index is 0.0215. The smallest absolute Gasteiger partial charge is 0.410 e. The number of nitrogens with zero attached hydrogens (tertiary/aromatic N) is 6. The molecule has 0 radical (unpaired) electrons. The normalized spacial score (nSPS) is 24.0. The molecule has 3 aromatic rings. The van der Waals surface area contributed by atoms with E-state index < -0.39 is 209 Å². The minimum atomic E-state index is -6.21. The van der Waals surface area contributed by atoms with E-state index in [4.69, 9.17) is 47.6 Å². The molecule has 686 valence electrons. The average Bonchev–Trinajstić information content (AvgIpc) is 1.55. The number of piperazine rings is 1. The fourth-order valence-electron chi connectivity index (χ4n) is 15.3. The number of rotatable bonds is 26. The van der Waals surface area contributed by atoms with Gasteiger partial charge in [-0.1, -0.05) is 86.6 Å². The number of carbonyl (C=O) groups is 13. The van der Waals surface area contributed by atoms with Crippen LogP contribution in [0.5, 0.6) is 17.2 Å². The van der Waals surface area contributed by atoms with Crippen LogP contribution in [0.3, 0.4) is 0 Å². The number of aliphatic hydroxyl groups is 1. The van der Waals surface area contributed by atoms with E-state index in [2.05, 4.69) is 50.0 Å². The number of alkyl carbamates (subject to hydrolysis) is 2. The maximum atomic E-state index is 15.1. The van der Waals surface area contributed by atoms with E-state index in [1.54, 1.807) is 38.7 Å². The molecule has 11 atom stereocenters. The van der Waals surface area contributed by atoms with Crippen LogP contribution in [0.1, 0.15) is 162 Å². The molecule has 2 saturated heterocycles. The molecule has 6 amide bonds. The number of nitrogens with one attached hydrogen (secondary N) is 4. The van der Waals surface area contributed by atoms with Gasteiger partial charge in [0.1, 0.15) is 58.5 Å². The Morgan fingerprint density at radius 1 is 0.792 bits per heavy atom. The molecule has 7 heterocycles. The zero-order valence-electron chi connectivity index (χ0n) is 71.9. The van der Waals surface area contributed by atoms with Crippen LogP contribution in [-0.4, -0.2) is 245 Å². The van der Waals surface area contributed by atoms with Crippen molar-refractivity contribution in [2.24, 2.45) is 51.4 Å². The number of likely N-dealkylation sites (tertiary alicyclic amines) is 1. The van der Waals surface area contributed by atoms with E-state index in [-0.39, 0.29) is 98.2 Å². The Morgan fingerprint density at radius 2 is 1.44 bits per heavy atom. The number of fused-ring (bicyclic) bond motifs is 13. The third-order valence-electron chi connectivity index (χ3n) is 22.5. The first-order chi connectivity index (χ1) is 58.7. The van der Waals surface area contributed by atoms with E-state index in [1.165, 1.54) is 78.2 Å².